The molecule has 0 saturated heterocycles. The van der Waals surface area contributed by atoms with Gasteiger partial charge < -0.3 is 15.0 Å². The molecule has 2 N–H and O–H groups in total. The summed E-state index contributed by atoms with van der Waals surface area (Å²) in [6.45, 7) is 0.371. The van der Waals surface area contributed by atoms with Crippen LogP contribution in [0.3, 0.4) is 0 Å². The van der Waals surface area contributed by atoms with Gasteiger partial charge >= 0.3 is 0 Å². The highest BCUT2D eigenvalue weighted by atomic mass is 16.5. The van der Waals surface area contributed by atoms with E-state index in [-0.39, 0.29) is 5.91 Å². The zero-order chi connectivity index (χ0) is 16.1. The van der Waals surface area contributed by atoms with Gasteiger partial charge in [0.1, 0.15) is 6.73 Å². The van der Waals surface area contributed by atoms with Gasteiger partial charge in [-0.25, -0.2) is 4.68 Å². The maximum atomic E-state index is 12.0. The van der Waals surface area contributed by atoms with Crippen LogP contribution < -0.4 is 5.32 Å². The largest absolute Gasteiger partial charge is 0.362 e. The zero-order valence-electron chi connectivity index (χ0n) is 13.1. The number of ether oxygens (including phenoxy) is 1. The van der Waals surface area contributed by atoms with Crippen molar-refractivity contribution in [1.29, 1.82) is 0 Å². The average Bonchev–Trinajstić information content (AvgIpc) is 3.15. The van der Waals surface area contributed by atoms with Crippen molar-refractivity contribution in [1.82, 2.24) is 14.8 Å². The van der Waals surface area contributed by atoms with E-state index in [2.05, 4.69) is 27.5 Å². The van der Waals surface area contributed by atoms with Gasteiger partial charge in [0.2, 0.25) is 5.91 Å². The topological polar surface area (TPSA) is 71.9 Å². The minimum Gasteiger partial charge on any atom is -0.362 e. The van der Waals surface area contributed by atoms with Crippen molar-refractivity contribution in [3.63, 3.8) is 0 Å². The summed E-state index contributed by atoms with van der Waals surface area (Å²) in [6, 6.07) is 8.21. The zero-order valence-corrected chi connectivity index (χ0v) is 13.1. The molecular formula is C17H20N4O2. The molecule has 3 aromatic rings. The van der Waals surface area contributed by atoms with E-state index in [1.54, 1.807) is 24.2 Å². The summed E-state index contributed by atoms with van der Waals surface area (Å²) in [5.41, 5.74) is 3.08. The molecule has 1 amide bonds. The lowest BCUT2D eigenvalue weighted by molar-refractivity contribution is -0.116. The van der Waals surface area contributed by atoms with Crippen molar-refractivity contribution >= 4 is 22.5 Å². The van der Waals surface area contributed by atoms with Crippen molar-refractivity contribution < 1.29 is 9.53 Å². The molecular weight excluding hydrogens is 292 g/mol. The molecule has 2 heterocycles. The number of para-hydroxylation sites is 1. The lowest BCUT2D eigenvalue weighted by Gasteiger charge is -2.02. The second kappa shape index (κ2) is 7.11. The van der Waals surface area contributed by atoms with Gasteiger partial charge in [0.25, 0.3) is 0 Å². The van der Waals surface area contributed by atoms with Crippen LogP contribution in [0.1, 0.15) is 18.4 Å². The van der Waals surface area contributed by atoms with Crippen molar-refractivity contribution in [3.8, 4) is 0 Å². The maximum absolute atomic E-state index is 12.0. The number of benzene rings is 1. The van der Waals surface area contributed by atoms with E-state index in [1.807, 2.05) is 18.3 Å². The predicted octanol–water partition coefficient (Wildman–Crippen LogP) is 2.93. The molecule has 2 aromatic heterocycles. The van der Waals surface area contributed by atoms with Crippen LogP contribution in [0.5, 0.6) is 0 Å². The molecule has 0 aliphatic carbocycles. The first kappa shape index (κ1) is 15.3. The van der Waals surface area contributed by atoms with Crippen molar-refractivity contribution in [3.05, 3.63) is 48.4 Å². The molecule has 6 nitrogen and oxygen atoms in total. The van der Waals surface area contributed by atoms with Gasteiger partial charge in [-0.15, -0.1) is 0 Å². The lowest BCUT2D eigenvalue weighted by Crippen LogP contribution is -2.11. The number of nitrogens with one attached hydrogen (secondary N) is 2. The summed E-state index contributed by atoms with van der Waals surface area (Å²) in [7, 11) is 1.60. The number of hydrogen-bond donors (Lipinski definition) is 2. The maximum Gasteiger partial charge on any atom is 0.224 e. The number of methoxy groups -OCH3 is 1. The SMILES string of the molecule is COCn1cc(NC(=O)CCCc2c[nH]c3ccccc23)cn1. The molecule has 0 saturated carbocycles. The van der Waals surface area contributed by atoms with Crippen LogP contribution in [0.2, 0.25) is 0 Å². The fraction of sp³-hybridized carbons (Fsp3) is 0.294. The van der Waals surface area contributed by atoms with Crippen LogP contribution in [0.15, 0.2) is 42.9 Å². The number of aromatic amines is 1. The van der Waals surface area contributed by atoms with E-state index >= 15 is 0 Å². The highest BCUT2D eigenvalue weighted by molar-refractivity contribution is 5.90. The van der Waals surface area contributed by atoms with E-state index in [0.29, 0.717) is 18.8 Å². The first-order chi connectivity index (χ1) is 11.3. The molecule has 6 heteroatoms. The molecule has 0 fully saturated rings. The Bertz CT molecular complexity index is 791. The second-order valence-electron chi connectivity index (χ2n) is 5.45. The molecule has 23 heavy (non-hydrogen) atoms. The molecule has 0 unspecified atom stereocenters. The molecule has 3 rings (SSSR count). The quantitative estimate of drug-likeness (QED) is 0.704. The number of amides is 1. The van der Waals surface area contributed by atoms with Crippen LogP contribution in [0, 0.1) is 0 Å². The Morgan fingerprint density at radius 1 is 1.39 bits per heavy atom. The molecule has 1 aromatic carbocycles. The van der Waals surface area contributed by atoms with E-state index in [9.17, 15) is 4.79 Å². The summed E-state index contributed by atoms with van der Waals surface area (Å²) in [5, 5.41) is 8.17. The van der Waals surface area contributed by atoms with Crippen molar-refractivity contribution in [2.75, 3.05) is 12.4 Å². The van der Waals surface area contributed by atoms with Gasteiger partial charge in [0.05, 0.1) is 18.1 Å². The van der Waals surface area contributed by atoms with Crippen LogP contribution >= 0.6 is 0 Å². The molecule has 0 aliphatic heterocycles. The van der Waals surface area contributed by atoms with E-state index in [1.165, 1.54) is 10.9 Å². The highest BCUT2D eigenvalue weighted by Crippen LogP contribution is 2.19. The predicted molar refractivity (Wildman–Crippen MR) is 89.1 cm³/mol. The van der Waals surface area contributed by atoms with E-state index in [0.717, 1.165) is 18.4 Å². The van der Waals surface area contributed by atoms with Gasteiger partial charge in [-0.1, -0.05) is 18.2 Å². The fourth-order valence-corrected chi connectivity index (χ4v) is 2.63. The van der Waals surface area contributed by atoms with Crippen LogP contribution in [0.4, 0.5) is 5.69 Å². The normalized spacial score (nSPS) is 11.0. The summed E-state index contributed by atoms with van der Waals surface area (Å²) in [6.07, 6.45) is 7.56. The van der Waals surface area contributed by atoms with Crippen LogP contribution in [0.25, 0.3) is 10.9 Å². The third-order valence-electron chi connectivity index (χ3n) is 3.70. The Labute approximate surface area is 134 Å². The molecule has 0 aliphatic rings. The Balaban J connectivity index is 1.49. The summed E-state index contributed by atoms with van der Waals surface area (Å²) < 4.78 is 6.60. The Morgan fingerprint density at radius 2 is 2.26 bits per heavy atom. The van der Waals surface area contributed by atoms with Crippen LogP contribution in [-0.2, 0) is 22.7 Å². The Hall–Kier alpha value is -2.60. The van der Waals surface area contributed by atoms with Crippen LogP contribution in [-0.4, -0.2) is 27.8 Å². The number of carbonyl (C=O) groups is 1. The minimum absolute atomic E-state index is 0.00167. The lowest BCUT2D eigenvalue weighted by atomic mass is 10.1. The highest BCUT2D eigenvalue weighted by Gasteiger charge is 2.07. The Morgan fingerprint density at radius 3 is 3.13 bits per heavy atom. The summed E-state index contributed by atoms with van der Waals surface area (Å²) in [4.78, 5) is 15.2. The molecule has 0 spiro atoms. The standard InChI is InChI=1S/C17H20N4O2/c1-23-12-21-11-14(10-19-21)20-17(22)8-4-5-13-9-18-16-7-3-2-6-15(13)16/h2-3,6-7,9-11,18H,4-5,8,12H2,1H3,(H,20,22). The third-order valence-corrected chi connectivity index (χ3v) is 3.70. The molecule has 0 bridgehead atoms. The number of carbonyl (C=O) groups excluding carboxylic acids is 1. The molecule has 120 valence electrons. The van der Waals surface area contributed by atoms with Gasteiger partial charge in [0, 0.05) is 30.6 Å². The number of fused-ring (bicyclic) bond motifs is 1. The number of nitrogens with zero attached hydrogens (tertiary/aromatic N) is 2. The average molecular weight is 312 g/mol. The minimum atomic E-state index is 0.00167. The second-order valence-corrected chi connectivity index (χ2v) is 5.45. The van der Waals surface area contributed by atoms with Gasteiger partial charge in [-0.2, -0.15) is 5.10 Å². The fourth-order valence-electron chi connectivity index (χ4n) is 2.63. The number of rotatable bonds is 7. The summed E-state index contributed by atoms with van der Waals surface area (Å²) in [5.74, 6) is 0.00167. The number of hydrogen-bond acceptors (Lipinski definition) is 3. The van der Waals surface area contributed by atoms with Gasteiger partial charge in [-0.3, -0.25) is 4.79 Å². The van der Waals surface area contributed by atoms with E-state index < -0.39 is 0 Å². The number of aromatic nitrogens is 3. The first-order valence-corrected chi connectivity index (χ1v) is 7.62. The number of anilines is 1. The van der Waals surface area contributed by atoms with Gasteiger partial charge in [-0.05, 0) is 24.5 Å². The van der Waals surface area contributed by atoms with E-state index in [4.69, 9.17) is 4.74 Å². The Kier molecular flexibility index (Phi) is 4.73. The first-order valence-electron chi connectivity index (χ1n) is 7.62. The molecule has 0 atom stereocenters. The number of H-pyrrole nitrogens is 1. The van der Waals surface area contributed by atoms with Gasteiger partial charge in [0.15, 0.2) is 0 Å². The molecule has 0 radical (unpaired) electrons. The smallest absolute Gasteiger partial charge is 0.224 e. The van der Waals surface area contributed by atoms with Crippen molar-refractivity contribution in [2.24, 2.45) is 0 Å². The third kappa shape index (κ3) is 3.78. The summed E-state index contributed by atoms with van der Waals surface area (Å²) >= 11 is 0. The monoisotopic (exact) mass is 312 g/mol. The number of aryl methyl sites for hydroxylation is 1. The van der Waals surface area contributed by atoms with Crippen molar-refractivity contribution in [2.45, 2.75) is 26.0 Å².